The van der Waals surface area contributed by atoms with Crippen molar-refractivity contribution in [2.45, 2.75) is 44.1 Å². The molecule has 1 aliphatic rings. The normalized spacial score (nSPS) is 25.3. The van der Waals surface area contributed by atoms with Crippen molar-refractivity contribution >= 4 is 11.6 Å². The molecule has 0 radical (unpaired) electrons. The molecule has 0 saturated heterocycles. The van der Waals surface area contributed by atoms with Crippen molar-refractivity contribution in [2.24, 2.45) is 7.05 Å². The van der Waals surface area contributed by atoms with E-state index in [1.807, 2.05) is 11.7 Å². The number of halogens is 1. The molecule has 1 N–H and O–H groups in total. The van der Waals surface area contributed by atoms with Gasteiger partial charge in [-0.1, -0.05) is 6.92 Å². The predicted octanol–water partition coefficient (Wildman–Crippen LogP) is 1.84. The van der Waals surface area contributed by atoms with E-state index in [4.69, 9.17) is 11.6 Å². The SMILES string of the molecule is CCc1cc(CNC2CC(Cl)C2)n(C)n1. The highest BCUT2D eigenvalue weighted by molar-refractivity contribution is 6.21. The Morgan fingerprint density at radius 2 is 2.33 bits per heavy atom. The van der Waals surface area contributed by atoms with Gasteiger partial charge in [0.05, 0.1) is 11.4 Å². The van der Waals surface area contributed by atoms with Crippen LogP contribution < -0.4 is 5.32 Å². The minimum absolute atomic E-state index is 0.389. The minimum atomic E-state index is 0.389. The first-order chi connectivity index (χ1) is 7.19. The molecule has 84 valence electrons. The van der Waals surface area contributed by atoms with Crippen LogP contribution in [0.3, 0.4) is 0 Å². The summed E-state index contributed by atoms with van der Waals surface area (Å²) in [4.78, 5) is 0. The van der Waals surface area contributed by atoms with Gasteiger partial charge in [0.2, 0.25) is 0 Å². The van der Waals surface area contributed by atoms with Gasteiger partial charge in [0.15, 0.2) is 0 Å². The molecular weight excluding hydrogens is 210 g/mol. The van der Waals surface area contributed by atoms with Crippen molar-refractivity contribution in [3.8, 4) is 0 Å². The van der Waals surface area contributed by atoms with Gasteiger partial charge >= 0.3 is 0 Å². The molecule has 1 aliphatic carbocycles. The zero-order chi connectivity index (χ0) is 10.8. The first-order valence-corrected chi connectivity index (χ1v) is 6.02. The van der Waals surface area contributed by atoms with Crippen molar-refractivity contribution in [1.82, 2.24) is 15.1 Å². The van der Waals surface area contributed by atoms with Crippen LogP contribution in [0.15, 0.2) is 6.07 Å². The largest absolute Gasteiger partial charge is 0.308 e. The van der Waals surface area contributed by atoms with Crippen LogP contribution in [0.5, 0.6) is 0 Å². The summed E-state index contributed by atoms with van der Waals surface area (Å²) >= 11 is 5.93. The van der Waals surface area contributed by atoms with Crippen LogP contribution in [-0.4, -0.2) is 21.2 Å². The van der Waals surface area contributed by atoms with E-state index in [9.17, 15) is 0 Å². The van der Waals surface area contributed by atoms with Crippen molar-refractivity contribution in [2.75, 3.05) is 0 Å². The quantitative estimate of drug-likeness (QED) is 0.796. The summed E-state index contributed by atoms with van der Waals surface area (Å²) in [6.07, 6.45) is 3.20. The van der Waals surface area contributed by atoms with Crippen molar-refractivity contribution in [3.63, 3.8) is 0 Å². The molecule has 0 amide bonds. The summed E-state index contributed by atoms with van der Waals surface area (Å²) in [6, 6.07) is 2.77. The number of alkyl halides is 1. The molecule has 0 bridgehead atoms. The molecule has 15 heavy (non-hydrogen) atoms. The van der Waals surface area contributed by atoms with Crippen LogP contribution in [0.25, 0.3) is 0 Å². The molecule has 0 spiro atoms. The monoisotopic (exact) mass is 227 g/mol. The number of nitrogens with one attached hydrogen (secondary N) is 1. The van der Waals surface area contributed by atoms with Crippen molar-refractivity contribution in [1.29, 1.82) is 0 Å². The van der Waals surface area contributed by atoms with Gasteiger partial charge in [-0.05, 0) is 25.3 Å². The highest BCUT2D eigenvalue weighted by atomic mass is 35.5. The molecule has 0 aliphatic heterocycles. The third-order valence-corrected chi connectivity index (χ3v) is 3.40. The molecule has 1 saturated carbocycles. The van der Waals surface area contributed by atoms with Crippen LogP contribution in [0.4, 0.5) is 0 Å². The summed E-state index contributed by atoms with van der Waals surface area (Å²) < 4.78 is 1.96. The van der Waals surface area contributed by atoms with Gasteiger partial charge in [-0.2, -0.15) is 5.10 Å². The van der Waals surface area contributed by atoms with Gasteiger partial charge < -0.3 is 5.32 Å². The number of rotatable bonds is 4. The third-order valence-electron chi connectivity index (χ3n) is 3.04. The maximum atomic E-state index is 5.93. The van der Waals surface area contributed by atoms with Crippen LogP contribution in [0.1, 0.15) is 31.2 Å². The fraction of sp³-hybridized carbons (Fsp3) is 0.727. The van der Waals surface area contributed by atoms with E-state index in [1.165, 1.54) is 5.69 Å². The first kappa shape index (κ1) is 11.0. The standard InChI is InChI=1S/C11H18ClN3/c1-3-9-6-11(15(2)14-9)7-13-10-4-8(12)5-10/h6,8,10,13H,3-5,7H2,1-2H3. The second-order valence-electron chi connectivity index (χ2n) is 4.25. The second-order valence-corrected chi connectivity index (χ2v) is 4.87. The Morgan fingerprint density at radius 1 is 1.60 bits per heavy atom. The lowest BCUT2D eigenvalue weighted by molar-refractivity contribution is 0.341. The summed E-state index contributed by atoms with van der Waals surface area (Å²) in [5.41, 5.74) is 2.42. The number of hydrogen-bond acceptors (Lipinski definition) is 2. The maximum Gasteiger partial charge on any atom is 0.0625 e. The molecule has 0 atom stereocenters. The molecule has 0 aromatic carbocycles. The highest BCUT2D eigenvalue weighted by Crippen LogP contribution is 2.25. The number of aryl methyl sites for hydroxylation is 2. The van der Waals surface area contributed by atoms with E-state index < -0.39 is 0 Å². The number of hydrogen-bond donors (Lipinski definition) is 1. The summed E-state index contributed by atoms with van der Waals surface area (Å²) in [5.74, 6) is 0. The lowest BCUT2D eigenvalue weighted by Gasteiger charge is -2.31. The van der Waals surface area contributed by atoms with Crippen molar-refractivity contribution < 1.29 is 0 Å². The molecule has 1 aromatic rings. The van der Waals surface area contributed by atoms with Crippen LogP contribution >= 0.6 is 11.6 Å². The second kappa shape index (κ2) is 4.54. The van der Waals surface area contributed by atoms with Gasteiger partial charge in [0, 0.05) is 25.0 Å². The smallest absolute Gasteiger partial charge is 0.0625 e. The summed E-state index contributed by atoms with van der Waals surface area (Å²) in [5, 5.41) is 8.30. The fourth-order valence-corrected chi connectivity index (χ4v) is 2.30. The van der Waals surface area contributed by atoms with E-state index >= 15 is 0 Å². The van der Waals surface area contributed by atoms with Gasteiger partial charge in [-0.25, -0.2) is 0 Å². The predicted molar refractivity (Wildman–Crippen MR) is 62.1 cm³/mol. The van der Waals surface area contributed by atoms with Crippen LogP contribution in [0, 0.1) is 0 Å². The Balaban J connectivity index is 1.85. The molecule has 4 heteroatoms. The molecule has 1 fully saturated rings. The molecule has 1 aromatic heterocycles. The number of aromatic nitrogens is 2. The molecule has 0 unspecified atom stereocenters. The lowest BCUT2D eigenvalue weighted by Crippen LogP contribution is -2.41. The Morgan fingerprint density at radius 3 is 2.87 bits per heavy atom. The fourth-order valence-electron chi connectivity index (χ4n) is 1.87. The zero-order valence-corrected chi connectivity index (χ0v) is 10.1. The topological polar surface area (TPSA) is 29.9 Å². The maximum absolute atomic E-state index is 5.93. The molecule has 1 heterocycles. The van der Waals surface area contributed by atoms with Gasteiger partial charge in [0.25, 0.3) is 0 Å². The highest BCUT2D eigenvalue weighted by Gasteiger charge is 2.26. The average molecular weight is 228 g/mol. The minimum Gasteiger partial charge on any atom is -0.308 e. The lowest BCUT2D eigenvalue weighted by atomic mass is 9.92. The average Bonchev–Trinajstić information content (AvgIpc) is 2.52. The Labute approximate surface area is 95.8 Å². The first-order valence-electron chi connectivity index (χ1n) is 5.58. The van der Waals surface area contributed by atoms with Gasteiger partial charge in [-0.3, -0.25) is 4.68 Å². The summed E-state index contributed by atoms with van der Waals surface area (Å²) in [7, 11) is 2.00. The Kier molecular flexibility index (Phi) is 3.32. The summed E-state index contributed by atoms with van der Waals surface area (Å²) in [6.45, 7) is 3.03. The van der Waals surface area contributed by atoms with Crippen LogP contribution in [-0.2, 0) is 20.0 Å². The Hall–Kier alpha value is -0.540. The molecule has 3 nitrogen and oxygen atoms in total. The molecular formula is C11H18ClN3. The van der Waals surface area contributed by atoms with E-state index in [1.54, 1.807) is 0 Å². The van der Waals surface area contributed by atoms with Gasteiger partial charge in [-0.15, -0.1) is 11.6 Å². The van der Waals surface area contributed by atoms with E-state index in [2.05, 4.69) is 23.4 Å². The Bertz CT molecular complexity index is 329. The zero-order valence-electron chi connectivity index (χ0n) is 9.33. The molecule has 2 rings (SSSR count). The van der Waals surface area contributed by atoms with Crippen molar-refractivity contribution in [3.05, 3.63) is 17.5 Å². The van der Waals surface area contributed by atoms with Crippen LogP contribution in [0.2, 0.25) is 0 Å². The third kappa shape index (κ3) is 2.52. The van der Waals surface area contributed by atoms with E-state index in [0.717, 1.165) is 31.5 Å². The number of nitrogens with zero attached hydrogens (tertiary/aromatic N) is 2. The van der Waals surface area contributed by atoms with E-state index in [0.29, 0.717) is 11.4 Å². The van der Waals surface area contributed by atoms with E-state index in [-0.39, 0.29) is 0 Å². The van der Waals surface area contributed by atoms with Gasteiger partial charge in [0.1, 0.15) is 0 Å².